The molecule has 0 nitrogen and oxygen atoms in total. The van der Waals surface area contributed by atoms with Crippen molar-refractivity contribution in [2.24, 2.45) is 0 Å². The van der Waals surface area contributed by atoms with E-state index in [9.17, 15) is 0 Å². The molecule has 0 unspecified atom stereocenters. The van der Waals surface area contributed by atoms with E-state index in [-0.39, 0.29) is 238 Å². The van der Waals surface area contributed by atoms with E-state index >= 15 is 0 Å². The Hall–Kier alpha value is 8.00. The van der Waals surface area contributed by atoms with E-state index in [1.165, 1.54) is 0 Å². The second kappa shape index (κ2) is 81.3. The molecule has 0 aromatic carbocycles. The van der Waals surface area contributed by atoms with Crippen LogP contribution in [0.5, 0.6) is 0 Å². The predicted octanol–water partition coefficient (Wildman–Crippen LogP) is -9.18. The van der Waals surface area contributed by atoms with E-state index in [1.807, 2.05) is 0 Å². The molecule has 0 aliphatic rings. The van der Waals surface area contributed by atoms with Crippen LogP contribution in [-0.4, -0.2) is 5.11 Å². The van der Waals surface area contributed by atoms with Crippen molar-refractivity contribution in [3.05, 3.63) is 0 Å². The fraction of sp³-hybridized carbons (Fsp3) is 1.00. The monoisotopic (exact) mass is 699 g/mol. The topological polar surface area (TPSA) is 0 Å². The zero-order chi connectivity index (χ0) is 8.00. The first-order chi connectivity index (χ1) is 4.00. The molecule has 10 heteroatoms. The van der Waals surface area contributed by atoms with Crippen molar-refractivity contribution in [1.82, 2.24) is 0 Å². The minimum Gasteiger partial charge on any atom is -0.577 e. The summed E-state index contributed by atoms with van der Waals surface area (Å²) in [5.74, 6) is 0. The van der Waals surface area contributed by atoms with E-state index in [1.54, 1.807) is 0 Å². The van der Waals surface area contributed by atoms with Gasteiger partial charge in [-0.1, -0.05) is 7.43 Å². The molecule has 0 amide bonds. The Morgan fingerprint density at radius 2 is 0.727 bits per heavy atom. The molecule has 0 rings (SSSR count). The first-order valence-electron chi connectivity index (χ1n) is 2.00. The number of rotatable bonds is 0. The zero-order valence-electron chi connectivity index (χ0n) is 10.7. The van der Waals surface area contributed by atoms with Crippen LogP contribution in [0.1, 0.15) is 8.85 Å². The van der Waals surface area contributed by atoms with E-state index < -0.39 is 0 Å². The molecule has 0 heterocycles. The third-order valence-electron chi connectivity index (χ3n) is 0. The van der Waals surface area contributed by atoms with Gasteiger partial charge in [-0.15, -0.1) is 24.0 Å². The Kier molecular flexibility index (Phi) is 316. The van der Waals surface area contributed by atoms with Crippen LogP contribution in [0, 0.1) is 0 Å². The van der Waals surface area contributed by atoms with Crippen molar-refractivity contribution < 1.29 is 207 Å². The van der Waals surface area contributed by atoms with E-state index in [0.717, 1.165) is 0 Å². The Morgan fingerprint density at radius 1 is 0.727 bits per heavy atom. The van der Waals surface area contributed by atoms with Crippen LogP contribution in [0.2, 0.25) is 0 Å². The second-order valence-electron chi connectivity index (χ2n) is 0. The molecule has 0 bridgehead atoms. The van der Waals surface area contributed by atoms with Crippen molar-refractivity contribution in [2.75, 3.05) is 0 Å². The van der Waals surface area contributed by atoms with Gasteiger partial charge in [-0.05, 0) is 0 Å². The van der Waals surface area contributed by atoms with Gasteiger partial charge in [0.1, 0.15) is 0 Å². The third-order valence-corrected chi connectivity index (χ3v) is 0. The third kappa shape index (κ3) is 72.0. The van der Waals surface area contributed by atoms with E-state index in [2.05, 4.69) is 39.4 Å². The fourth-order valence-corrected chi connectivity index (χ4v) is 0. The summed E-state index contributed by atoms with van der Waals surface area (Å²) in [5, 5.41) is 0. The minimum atomic E-state index is 0. The molecule has 0 aromatic rings. The Bertz CT molecular complexity index is 36.4. The van der Waals surface area contributed by atoms with Crippen LogP contribution in [0.4, 0.5) is 0 Å². The molecule has 0 aliphatic heterocycles. The smallest absolute Gasteiger partial charge is 0.577 e. The van der Waals surface area contributed by atoms with Crippen LogP contribution in [0.3, 0.4) is 0 Å². The first-order valence-corrected chi connectivity index (χ1v) is 0. The summed E-state index contributed by atoms with van der Waals surface area (Å²) in [6.07, 6.45) is 0. The minimum absolute atomic E-state index is 0. The van der Waals surface area contributed by atoms with Gasteiger partial charge in [0, 0.05) is 1.43 Å². The average molecular weight is 699 g/mol. The summed E-state index contributed by atoms with van der Waals surface area (Å²) in [7, 11) is 8.89. The van der Waals surface area contributed by atoms with E-state index in [4.69, 9.17) is 5.11 Å². The summed E-state index contributed by atoms with van der Waals surface area (Å²) in [6, 6.07) is 0. The maximum absolute atomic E-state index is 5.56. The molecule has 64 valence electrons. The zero-order valence-corrected chi connectivity index (χ0v) is 27.7. The van der Waals surface area contributed by atoms with E-state index in [0.29, 0.717) is 0 Å². The standard InChI is InChI=1S/CH4.HI.4K.No.4H2P.H2/h1H4;1H;;;;;;4*1H2;1H/q;;4*+1;;4*-1;/i;;;;;;;4*1D;1+2. The van der Waals surface area contributed by atoms with Gasteiger partial charge in [0.2, 0.25) is 0 Å². The number of hydrogen-bond acceptors (Lipinski definition) is 0. The molecule has 0 fully saturated rings. The summed E-state index contributed by atoms with van der Waals surface area (Å²) < 4.78 is 22.2. The van der Waals surface area contributed by atoms with Gasteiger partial charge in [-0.2, -0.15) is 0 Å². The summed E-state index contributed by atoms with van der Waals surface area (Å²) in [5.41, 5.74) is 0. The summed E-state index contributed by atoms with van der Waals surface area (Å²) in [6.45, 7) is 0. The first kappa shape index (κ1) is 42.8. The molecule has 0 aromatic heterocycles. The summed E-state index contributed by atoms with van der Waals surface area (Å²) in [4.78, 5) is 0. The quantitative estimate of drug-likeness (QED) is 0.134. The molecular formula is CH15IK4NoP4. The largest absolute Gasteiger partial charge is 1.00 e. The van der Waals surface area contributed by atoms with Crippen molar-refractivity contribution in [3.63, 3.8) is 0 Å². The van der Waals surface area contributed by atoms with Crippen molar-refractivity contribution in [3.8, 4) is 0 Å². The van der Waals surface area contributed by atoms with Gasteiger partial charge in [0.05, 0.1) is 0 Å². The second-order valence-corrected chi connectivity index (χ2v) is 0. The van der Waals surface area contributed by atoms with Crippen molar-refractivity contribution in [2.45, 2.75) is 7.43 Å². The van der Waals surface area contributed by atoms with Crippen molar-refractivity contribution in [1.29, 1.82) is 5.11 Å². The molecule has 0 saturated heterocycles. The molecular weight excluding hydrogens is 678 g/mol. The van der Waals surface area contributed by atoms with Crippen LogP contribution < -0.4 is 206 Å². The molecule has 0 N–H and O–H groups in total. The van der Waals surface area contributed by atoms with Gasteiger partial charge in [-0.25, -0.2) is 5.11 Å². The molecule has 0 saturated carbocycles. The number of halogens is 1. The van der Waals surface area contributed by atoms with Gasteiger partial charge in [-0.3, -0.25) is 0 Å². The predicted molar refractivity (Wildman–Crippen MR) is 63.1 cm³/mol. The average Bonchev–Trinajstić information content (AvgIpc) is 2.03. The van der Waals surface area contributed by atoms with Crippen LogP contribution in [0.15, 0.2) is 0 Å². The Labute approximate surface area is 273 Å². The van der Waals surface area contributed by atoms with Gasteiger partial charge in [0.25, 0.3) is 0 Å². The molecule has 0 radical (unpaired) electrons. The maximum atomic E-state index is 5.56. The van der Waals surface area contributed by atoms with Gasteiger partial charge >= 0.3 is 206 Å². The van der Waals surface area contributed by atoms with Gasteiger partial charge in [0.15, 0.2) is 0 Å². The SMILES string of the molecule is C.I.[2H][PH-].[2H][PH-].[2H][PH-].[2H][PH-].[3HH].[K+].[K+].[K+].[K+].[No]. The van der Waals surface area contributed by atoms with Crippen LogP contribution in [0.25, 0.3) is 0 Å². The Balaban J connectivity index is -0.00000000114. The molecule has 0 aliphatic carbocycles. The summed E-state index contributed by atoms with van der Waals surface area (Å²) >= 11 is 0. The number of hydrogen-bond donors (Lipinski definition) is 0. The molecule has 0 spiro atoms. The van der Waals surface area contributed by atoms with Crippen molar-refractivity contribution >= 4 is 63.4 Å². The Morgan fingerprint density at radius 3 is 0.727 bits per heavy atom. The van der Waals surface area contributed by atoms with Crippen LogP contribution in [-0.2, 0) is 0 Å². The maximum Gasteiger partial charge on any atom is 1.00 e. The molecule has 0 atom stereocenters. The molecule has 11 heavy (non-hydrogen) atoms. The fourth-order valence-electron chi connectivity index (χ4n) is 0. The normalized spacial score (nSPS) is 2.55. The van der Waals surface area contributed by atoms with Gasteiger partial charge < -0.3 is 39.4 Å². The van der Waals surface area contributed by atoms with Crippen LogP contribution >= 0.6 is 63.4 Å².